The van der Waals surface area contributed by atoms with Crippen molar-refractivity contribution in [1.82, 2.24) is 0 Å². The van der Waals surface area contributed by atoms with Crippen LogP contribution in [-0.4, -0.2) is 35.2 Å². The Morgan fingerprint density at radius 3 is 2.86 bits per heavy atom. The smallest absolute Gasteiger partial charge is 0.241 e. The van der Waals surface area contributed by atoms with Gasteiger partial charge in [0.2, 0.25) is 11.8 Å². The van der Waals surface area contributed by atoms with Crippen molar-refractivity contribution in [1.29, 1.82) is 0 Å². The van der Waals surface area contributed by atoms with Crippen molar-refractivity contribution in [2.45, 2.75) is 18.6 Å². The molecule has 3 aliphatic rings. The van der Waals surface area contributed by atoms with Gasteiger partial charge in [-0.3, -0.25) is 9.59 Å². The van der Waals surface area contributed by atoms with Crippen molar-refractivity contribution in [2.75, 3.05) is 11.5 Å². The first-order valence-electron chi connectivity index (χ1n) is 7.00. The molecule has 0 spiro atoms. The summed E-state index contributed by atoms with van der Waals surface area (Å²) in [5, 5.41) is 9.64. The Morgan fingerprint density at radius 2 is 2.14 bits per heavy atom. The van der Waals surface area contributed by atoms with Crippen LogP contribution in [0.3, 0.4) is 0 Å². The quantitative estimate of drug-likeness (QED) is 0.645. The highest BCUT2D eigenvalue weighted by Crippen LogP contribution is 2.52. The number of hydrogen-bond donors (Lipinski definition) is 1. The average molecular weight is 285 g/mol. The first-order valence-corrected chi connectivity index (χ1v) is 7.00. The predicted octanol–water partition coefficient (Wildman–Crippen LogP) is 0.800. The predicted molar refractivity (Wildman–Crippen MR) is 74.5 cm³/mol. The molecule has 3 heterocycles. The molecule has 1 N–H and O–H groups in total. The van der Waals surface area contributed by atoms with Crippen LogP contribution >= 0.6 is 0 Å². The number of aryl methyl sites for hydroxylation is 1. The molecule has 1 aromatic rings. The van der Waals surface area contributed by atoms with E-state index in [1.165, 1.54) is 4.90 Å². The summed E-state index contributed by atoms with van der Waals surface area (Å²) >= 11 is 0. The molecule has 2 bridgehead atoms. The zero-order valence-corrected chi connectivity index (χ0v) is 11.5. The van der Waals surface area contributed by atoms with Crippen LogP contribution in [0.15, 0.2) is 36.4 Å². The molecule has 5 heteroatoms. The fourth-order valence-corrected chi connectivity index (χ4v) is 3.71. The second-order valence-corrected chi connectivity index (χ2v) is 5.91. The van der Waals surface area contributed by atoms with Crippen molar-refractivity contribution in [3.63, 3.8) is 0 Å². The maximum absolute atomic E-state index is 12.7. The summed E-state index contributed by atoms with van der Waals surface area (Å²) in [6.07, 6.45) is 3.10. The summed E-state index contributed by atoms with van der Waals surface area (Å²) in [5.41, 5.74) is 0.548. The Hall–Kier alpha value is -1.98. The number of fused-ring (bicyclic) bond motifs is 5. The van der Waals surface area contributed by atoms with E-state index in [0.29, 0.717) is 5.69 Å². The summed E-state index contributed by atoms with van der Waals surface area (Å²) < 4.78 is 5.70. The van der Waals surface area contributed by atoms with Gasteiger partial charge in [-0.05, 0) is 24.6 Å². The third-order valence-corrected chi connectivity index (χ3v) is 4.66. The Kier molecular flexibility index (Phi) is 2.44. The van der Waals surface area contributed by atoms with Gasteiger partial charge in [0.15, 0.2) is 0 Å². The minimum Gasteiger partial charge on any atom is -0.393 e. The summed E-state index contributed by atoms with van der Waals surface area (Å²) in [4.78, 5) is 26.7. The number of benzene rings is 1. The highest BCUT2D eigenvalue weighted by Gasteiger charge is 2.67. The Balaban J connectivity index is 1.79. The number of anilines is 1. The number of carbonyl (C=O) groups is 2. The normalized spacial score (nSPS) is 36.7. The molecule has 21 heavy (non-hydrogen) atoms. The van der Waals surface area contributed by atoms with Crippen LogP contribution in [0.25, 0.3) is 0 Å². The maximum atomic E-state index is 12.7. The van der Waals surface area contributed by atoms with E-state index in [1.807, 2.05) is 25.1 Å². The third kappa shape index (κ3) is 1.47. The van der Waals surface area contributed by atoms with Gasteiger partial charge >= 0.3 is 0 Å². The Bertz CT molecular complexity index is 683. The lowest BCUT2D eigenvalue weighted by Gasteiger charge is -2.26. The minimum absolute atomic E-state index is 0.236. The molecule has 2 amide bonds. The van der Waals surface area contributed by atoms with Crippen LogP contribution in [0.1, 0.15) is 5.56 Å². The number of hydrogen-bond acceptors (Lipinski definition) is 4. The van der Waals surface area contributed by atoms with Gasteiger partial charge in [-0.15, -0.1) is 0 Å². The lowest BCUT2D eigenvalue weighted by Crippen LogP contribution is -2.43. The largest absolute Gasteiger partial charge is 0.393 e. The maximum Gasteiger partial charge on any atom is 0.241 e. The number of aliphatic hydroxyl groups excluding tert-OH is 1. The van der Waals surface area contributed by atoms with Crippen molar-refractivity contribution < 1.29 is 19.4 Å². The van der Waals surface area contributed by atoms with Gasteiger partial charge < -0.3 is 9.84 Å². The van der Waals surface area contributed by atoms with Gasteiger partial charge in [-0.2, -0.15) is 0 Å². The molecule has 2 saturated heterocycles. The second kappa shape index (κ2) is 4.02. The van der Waals surface area contributed by atoms with Crippen LogP contribution in [0.5, 0.6) is 0 Å². The average Bonchev–Trinajstić information content (AvgIpc) is 3.10. The molecule has 108 valence electrons. The second-order valence-electron chi connectivity index (χ2n) is 5.91. The fraction of sp³-hybridized carbons (Fsp3) is 0.375. The highest BCUT2D eigenvalue weighted by atomic mass is 16.5. The highest BCUT2D eigenvalue weighted by molar-refractivity contribution is 6.23. The van der Waals surface area contributed by atoms with Gasteiger partial charge in [0.05, 0.1) is 30.2 Å². The molecular formula is C16H15NO4. The molecule has 0 unspecified atom stereocenters. The van der Waals surface area contributed by atoms with E-state index in [-0.39, 0.29) is 18.4 Å². The van der Waals surface area contributed by atoms with Crippen LogP contribution in [0, 0.1) is 18.8 Å². The summed E-state index contributed by atoms with van der Waals surface area (Å²) in [5.74, 6) is -1.66. The van der Waals surface area contributed by atoms with Gasteiger partial charge in [-0.25, -0.2) is 4.90 Å². The molecule has 4 atom stereocenters. The van der Waals surface area contributed by atoms with E-state index >= 15 is 0 Å². The van der Waals surface area contributed by atoms with Crippen LogP contribution in [0.2, 0.25) is 0 Å². The molecular weight excluding hydrogens is 270 g/mol. The SMILES string of the molecule is Cc1cccc(N2C(=O)[C@H]3[C@@H](C2=O)[C@@]2(CO)C=C[C@H]3O2)c1. The topological polar surface area (TPSA) is 66.8 Å². The van der Waals surface area contributed by atoms with E-state index in [9.17, 15) is 14.7 Å². The fourth-order valence-electron chi connectivity index (χ4n) is 3.71. The zero-order valence-electron chi connectivity index (χ0n) is 11.5. The standard InChI is InChI=1S/C16H15NO4/c1-9-3-2-4-10(7-9)17-14(19)12-11-5-6-16(8-18,21-11)13(12)15(17)20/h2-7,11-13,18H,8H2,1H3/t11-,12-,13+,16+/m1/s1. The minimum atomic E-state index is -1.03. The van der Waals surface area contributed by atoms with Crippen molar-refractivity contribution in [2.24, 2.45) is 11.8 Å². The third-order valence-electron chi connectivity index (χ3n) is 4.66. The Morgan fingerprint density at radius 1 is 1.33 bits per heavy atom. The molecule has 1 aromatic carbocycles. The number of rotatable bonds is 2. The van der Waals surface area contributed by atoms with E-state index in [4.69, 9.17) is 4.74 Å². The number of ether oxygens (including phenoxy) is 1. The van der Waals surface area contributed by atoms with Gasteiger partial charge in [0.25, 0.3) is 0 Å². The van der Waals surface area contributed by atoms with Gasteiger partial charge in [0, 0.05) is 0 Å². The molecule has 2 fully saturated rings. The van der Waals surface area contributed by atoms with Crippen LogP contribution in [0.4, 0.5) is 5.69 Å². The van der Waals surface area contributed by atoms with E-state index in [2.05, 4.69) is 0 Å². The molecule has 0 radical (unpaired) electrons. The van der Waals surface area contributed by atoms with Gasteiger partial charge in [-0.1, -0.05) is 24.3 Å². The van der Waals surface area contributed by atoms with E-state index in [0.717, 1.165) is 5.56 Å². The van der Waals surface area contributed by atoms with E-state index in [1.54, 1.807) is 18.2 Å². The summed E-state index contributed by atoms with van der Waals surface area (Å²) in [6.45, 7) is 1.63. The molecule has 5 nitrogen and oxygen atoms in total. The number of aliphatic hydroxyl groups is 1. The molecule has 0 saturated carbocycles. The monoisotopic (exact) mass is 285 g/mol. The van der Waals surface area contributed by atoms with Crippen molar-refractivity contribution in [3.05, 3.63) is 42.0 Å². The van der Waals surface area contributed by atoms with Crippen LogP contribution < -0.4 is 4.90 Å². The number of amides is 2. The number of carbonyl (C=O) groups excluding carboxylic acids is 2. The lowest BCUT2D eigenvalue weighted by atomic mass is 9.77. The van der Waals surface area contributed by atoms with Crippen molar-refractivity contribution in [3.8, 4) is 0 Å². The zero-order chi connectivity index (χ0) is 14.8. The molecule has 3 aliphatic heterocycles. The first kappa shape index (κ1) is 12.7. The number of nitrogens with zero attached hydrogens (tertiary/aromatic N) is 1. The molecule has 0 aromatic heterocycles. The van der Waals surface area contributed by atoms with Crippen molar-refractivity contribution >= 4 is 17.5 Å². The lowest BCUT2D eigenvalue weighted by molar-refractivity contribution is -0.128. The summed E-state index contributed by atoms with van der Waals surface area (Å²) in [7, 11) is 0. The first-order chi connectivity index (χ1) is 10.1. The van der Waals surface area contributed by atoms with Crippen LogP contribution in [-0.2, 0) is 14.3 Å². The Labute approximate surface area is 121 Å². The number of imide groups is 1. The van der Waals surface area contributed by atoms with Gasteiger partial charge in [0.1, 0.15) is 5.60 Å². The van der Waals surface area contributed by atoms with E-state index < -0.39 is 23.5 Å². The molecule has 0 aliphatic carbocycles. The summed E-state index contributed by atoms with van der Waals surface area (Å²) in [6, 6.07) is 7.31. The molecule has 4 rings (SSSR count).